The van der Waals surface area contributed by atoms with Crippen LogP contribution in [0.15, 0.2) is 10.8 Å². The number of carbonyl (C=O) groups excluding carboxylic acids is 3. The lowest BCUT2D eigenvalue weighted by atomic mass is 10.3. The van der Waals surface area contributed by atoms with Gasteiger partial charge in [-0.3, -0.25) is 14.9 Å². The molecule has 0 fully saturated rings. The van der Waals surface area contributed by atoms with Crippen LogP contribution in [-0.2, 0) is 27.2 Å². The summed E-state index contributed by atoms with van der Waals surface area (Å²) in [6, 6.07) is 0. The summed E-state index contributed by atoms with van der Waals surface area (Å²) in [5, 5.41) is 11.7. The fraction of sp³-hybridized carbons (Fsp3) is 0.308. The first kappa shape index (κ1) is 17.8. The number of nitrogens with zero attached hydrogens (tertiary/aromatic N) is 2. The van der Waals surface area contributed by atoms with E-state index in [0.717, 1.165) is 0 Å². The summed E-state index contributed by atoms with van der Waals surface area (Å²) in [4.78, 5) is 42.6. The number of likely N-dealkylation sites (N-methyl/N-ethyl adjacent to an activating group) is 1. The minimum atomic E-state index is -0.619. The summed E-state index contributed by atoms with van der Waals surface area (Å²) >= 11 is 2.44. The number of hydrogen-bond acceptors (Lipinski definition) is 8. The Labute approximate surface area is 145 Å². The van der Waals surface area contributed by atoms with Crippen molar-refractivity contribution >= 4 is 50.8 Å². The smallest absolute Gasteiger partial charge is 0.413 e. The minimum Gasteiger partial charge on any atom is -0.453 e. The first-order valence-electron chi connectivity index (χ1n) is 6.74. The zero-order valence-electron chi connectivity index (χ0n) is 12.9. The van der Waals surface area contributed by atoms with Gasteiger partial charge in [0.2, 0.25) is 11.8 Å². The highest BCUT2D eigenvalue weighted by Gasteiger charge is 2.12. The van der Waals surface area contributed by atoms with Gasteiger partial charge in [0.1, 0.15) is 0 Å². The Bertz CT molecular complexity index is 682. The summed E-state index contributed by atoms with van der Waals surface area (Å²) in [6.07, 6.45) is -0.409. The predicted molar refractivity (Wildman–Crippen MR) is 90.4 cm³/mol. The van der Waals surface area contributed by atoms with Crippen LogP contribution in [-0.4, -0.2) is 42.0 Å². The molecule has 0 aliphatic carbocycles. The van der Waals surface area contributed by atoms with Gasteiger partial charge in [0, 0.05) is 17.8 Å². The maximum Gasteiger partial charge on any atom is 0.413 e. The maximum atomic E-state index is 12.0. The van der Waals surface area contributed by atoms with Gasteiger partial charge < -0.3 is 15.4 Å². The molecule has 11 heteroatoms. The number of thiazole rings is 2. The SMILES string of the molecule is CNC(=O)Cc1csc(NC(=O)Cc2csc(NC(=O)OC)n2)n1. The van der Waals surface area contributed by atoms with E-state index in [1.54, 1.807) is 17.8 Å². The Morgan fingerprint density at radius 3 is 2.08 bits per heavy atom. The number of ether oxygens (including phenoxy) is 1. The highest BCUT2D eigenvalue weighted by molar-refractivity contribution is 7.14. The number of nitrogens with one attached hydrogen (secondary N) is 3. The predicted octanol–water partition coefficient (Wildman–Crippen LogP) is 1.25. The molecule has 128 valence electrons. The molecule has 2 rings (SSSR count). The third kappa shape index (κ3) is 5.28. The molecular weight excluding hydrogens is 354 g/mol. The number of aromatic nitrogens is 2. The van der Waals surface area contributed by atoms with Crippen molar-refractivity contribution in [3.8, 4) is 0 Å². The van der Waals surface area contributed by atoms with E-state index in [1.165, 1.54) is 29.8 Å². The second-order valence-corrected chi connectivity index (χ2v) is 6.20. The zero-order chi connectivity index (χ0) is 17.5. The molecule has 0 unspecified atom stereocenters. The van der Waals surface area contributed by atoms with Crippen LogP contribution < -0.4 is 16.0 Å². The summed E-state index contributed by atoms with van der Waals surface area (Å²) in [5.41, 5.74) is 1.11. The number of rotatable bonds is 6. The molecule has 3 amide bonds. The Balaban J connectivity index is 1.87. The van der Waals surface area contributed by atoms with Crippen molar-refractivity contribution in [2.75, 3.05) is 24.8 Å². The topological polar surface area (TPSA) is 122 Å². The van der Waals surface area contributed by atoms with Gasteiger partial charge in [-0.2, -0.15) is 0 Å². The van der Waals surface area contributed by atoms with Gasteiger partial charge in [0.05, 0.1) is 31.3 Å². The number of carbonyl (C=O) groups is 3. The van der Waals surface area contributed by atoms with E-state index in [4.69, 9.17) is 0 Å². The molecule has 3 N–H and O–H groups in total. The van der Waals surface area contributed by atoms with E-state index in [0.29, 0.717) is 21.7 Å². The molecule has 0 aromatic carbocycles. The lowest BCUT2D eigenvalue weighted by molar-refractivity contribution is -0.120. The molecule has 0 bridgehead atoms. The molecule has 0 atom stereocenters. The van der Waals surface area contributed by atoms with E-state index < -0.39 is 6.09 Å². The molecule has 0 radical (unpaired) electrons. The van der Waals surface area contributed by atoms with E-state index in [1.807, 2.05) is 0 Å². The van der Waals surface area contributed by atoms with Crippen LogP contribution in [0.2, 0.25) is 0 Å². The molecule has 2 aromatic rings. The lowest BCUT2D eigenvalue weighted by Gasteiger charge is -2.00. The van der Waals surface area contributed by atoms with Gasteiger partial charge >= 0.3 is 6.09 Å². The second kappa shape index (κ2) is 8.36. The molecule has 2 aromatic heterocycles. The van der Waals surface area contributed by atoms with Crippen LogP contribution in [0.1, 0.15) is 11.4 Å². The average Bonchev–Trinajstić information content (AvgIpc) is 3.16. The van der Waals surface area contributed by atoms with Crippen molar-refractivity contribution in [2.45, 2.75) is 12.8 Å². The molecule has 0 aliphatic rings. The first-order chi connectivity index (χ1) is 11.5. The summed E-state index contributed by atoms with van der Waals surface area (Å²) < 4.78 is 4.46. The van der Waals surface area contributed by atoms with Gasteiger partial charge in [0.25, 0.3) is 0 Å². The van der Waals surface area contributed by atoms with Crippen molar-refractivity contribution in [1.29, 1.82) is 0 Å². The molecule has 24 heavy (non-hydrogen) atoms. The van der Waals surface area contributed by atoms with Gasteiger partial charge in [-0.05, 0) is 0 Å². The highest BCUT2D eigenvalue weighted by Crippen LogP contribution is 2.18. The van der Waals surface area contributed by atoms with E-state index in [9.17, 15) is 14.4 Å². The minimum absolute atomic E-state index is 0.0453. The van der Waals surface area contributed by atoms with Gasteiger partial charge in [0.15, 0.2) is 10.3 Å². The lowest BCUT2D eigenvalue weighted by Crippen LogP contribution is -2.20. The fourth-order valence-corrected chi connectivity index (χ4v) is 3.03. The number of hydrogen-bond donors (Lipinski definition) is 3. The summed E-state index contributed by atoms with van der Waals surface area (Å²) in [6.45, 7) is 0. The van der Waals surface area contributed by atoms with Crippen molar-refractivity contribution in [2.24, 2.45) is 0 Å². The highest BCUT2D eigenvalue weighted by atomic mass is 32.1. The molecule has 2 heterocycles. The molecule has 0 saturated carbocycles. The Hall–Kier alpha value is -2.53. The standard InChI is InChI=1S/C13H15N5O4S2/c1-14-9(19)3-7-5-23-11(15-7)17-10(20)4-8-6-24-12(16-8)18-13(21)22-2/h5-6H,3-4H2,1-2H3,(H,14,19)(H,15,17,20)(H,16,18,21). The van der Waals surface area contributed by atoms with Crippen molar-refractivity contribution in [3.05, 3.63) is 22.1 Å². The average molecular weight is 369 g/mol. The van der Waals surface area contributed by atoms with Crippen LogP contribution in [0.25, 0.3) is 0 Å². The van der Waals surface area contributed by atoms with E-state index >= 15 is 0 Å². The van der Waals surface area contributed by atoms with Gasteiger partial charge in [-0.25, -0.2) is 14.8 Å². The molecule has 0 aliphatic heterocycles. The summed E-state index contributed by atoms with van der Waals surface area (Å²) in [5.74, 6) is -0.433. The normalized spacial score (nSPS) is 10.1. The molecule has 0 spiro atoms. The Morgan fingerprint density at radius 1 is 1.00 bits per heavy atom. The molecular formula is C13H15N5O4S2. The van der Waals surface area contributed by atoms with Crippen molar-refractivity contribution < 1.29 is 19.1 Å². The first-order valence-corrected chi connectivity index (χ1v) is 8.50. The Morgan fingerprint density at radius 2 is 1.54 bits per heavy atom. The third-order valence-electron chi connectivity index (χ3n) is 2.71. The van der Waals surface area contributed by atoms with Crippen LogP contribution in [0.3, 0.4) is 0 Å². The quantitative estimate of drug-likeness (QED) is 0.704. The van der Waals surface area contributed by atoms with Crippen LogP contribution in [0.4, 0.5) is 15.1 Å². The molecule has 9 nitrogen and oxygen atoms in total. The van der Waals surface area contributed by atoms with Crippen molar-refractivity contribution in [1.82, 2.24) is 15.3 Å². The van der Waals surface area contributed by atoms with E-state index in [-0.39, 0.29) is 24.7 Å². The summed E-state index contributed by atoms with van der Waals surface area (Å²) in [7, 11) is 2.80. The maximum absolute atomic E-state index is 12.0. The monoisotopic (exact) mass is 369 g/mol. The number of methoxy groups -OCH3 is 1. The molecule has 0 saturated heterocycles. The third-order valence-corrected chi connectivity index (χ3v) is 4.32. The largest absolute Gasteiger partial charge is 0.453 e. The van der Waals surface area contributed by atoms with Crippen LogP contribution in [0, 0.1) is 0 Å². The Kier molecular flexibility index (Phi) is 6.21. The fourth-order valence-electron chi connectivity index (χ4n) is 1.61. The number of amides is 3. The van der Waals surface area contributed by atoms with Crippen molar-refractivity contribution in [3.63, 3.8) is 0 Å². The zero-order valence-corrected chi connectivity index (χ0v) is 14.5. The van der Waals surface area contributed by atoms with Gasteiger partial charge in [-0.15, -0.1) is 22.7 Å². The second-order valence-electron chi connectivity index (χ2n) is 4.48. The van der Waals surface area contributed by atoms with Crippen LogP contribution in [0.5, 0.6) is 0 Å². The van der Waals surface area contributed by atoms with Gasteiger partial charge in [-0.1, -0.05) is 0 Å². The number of anilines is 2. The van der Waals surface area contributed by atoms with Crippen LogP contribution >= 0.6 is 22.7 Å². The van der Waals surface area contributed by atoms with E-state index in [2.05, 4.69) is 30.7 Å².